The molecule has 0 unspecified atom stereocenters. The van der Waals surface area contributed by atoms with Crippen LogP contribution in [-0.4, -0.2) is 47.8 Å². The Hall–Kier alpha value is -2.56. The van der Waals surface area contributed by atoms with E-state index in [0.29, 0.717) is 38.2 Å². The predicted octanol–water partition coefficient (Wildman–Crippen LogP) is 2.51. The first kappa shape index (κ1) is 16.3. The number of piperazine rings is 1. The van der Waals surface area contributed by atoms with Crippen LogP contribution in [0, 0.1) is 6.92 Å². The third-order valence-corrected chi connectivity index (χ3v) is 4.44. The van der Waals surface area contributed by atoms with Gasteiger partial charge in [0.25, 0.3) is 5.91 Å². The Morgan fingerprint density at radius 2 is 1.67 bits per heavy atom. The zero-order chi connectivity index (χ0) is 16.9. The zero-order valence-electron chi connectivity index (χ0n) is 13.9. The van der Waals surface area contributed by atoms with E-state index in [0.717, 1.165) is 6.42 Å². The van der Waals surface area contributed by atoms with Crippen LogP contribution in [0.2, 0.25) is 0 Å². The summed E-state index contributed by atoms with van der Waals surface area (Å²) in [4.78, 5) is 28.2. The van der Waals surface area contributed by atoms with Crippen LogP contribution in [0.5, 0.6) is 0 Å². The number of nitrogens with zero attached hydrogens (tertiary/aromatic N) is 2. The molecular weight excluding hydrogens is 304 g/mol. The van der Waals surface area contributed by atoms with Gasteiger partial charge in [-0.15, -0.1) is 0 Å². The van der Waals surface area contributed by atoms with E-state index in [1.54, 1.807) is 11.0 Å². The van der Waals surface area contributed by atoms with Crippen LogP contribution in [0.3, 0.4) is 0 Å². The minimum absolute atomic E-state index is 0.0319. The van der Waals surface area contributed by atoms with Crippen molar-refractivity contribution in [1.82, 2.24) is 9.80 Å². The van der Waals surface area contributed by atoms with E-state index in [9.17, 15) is 9.59 Å². The Bertz CT molecular complexity index is 684. The van der Waals surface area contributed by atoms with E-state index in [1.807, 2.05) is 4.90 Å². The molecule has 0 radical (unpaired) electrons. The molecule has 2 aromatic rings. The second kappa shape index (κ2) is 7.34. The van der Waals surface area contributed by atoms with Crippen LogP contribution >= 0.6 is 0 Å². The molecule has 126 valence electrons. The second-order valence-electron chi connectivity index (χ2n) is 6.17. The average molecular weight is 326 g/mol. The van der Waals surface area contributed by atoms with Gasteiger partial charge < -0.3 is 14.2 Å². The molecule has 0 aliphatic carbocycles. The first-order valence-electron chi connectivity index (χ1n) is 8.28. The maximum absolute atomic E-state index is 12.4. The van der Waals surface area contributed by atoms with Gasteiger partial charge in [0.05, 0.1) is 11.8 Å². The number of rotatable bonds is 4. The van der Waals surface area contributed by atoms with Crippen molar-refractivity contribution < 1.29 is 14.0 Å². The van der Waals surface area contributed by atoms with Gasteiger partial charge in [-0.1, -0.05) is 29.8 Å². The molecule has 0 spiro atoms. The standard InChI is InChI=1S/C19H22N2O3/c1-15-2-4-16(5-3-15)6-7-18(22)20-9-11-21(12-10-20)19(23)17-8-13-24-14-17/h2-5,8,13-14H,6-7,9-12H2,1H3. The van der Waals surface area contributed by atoms with Crippen molar-refractivity contribution in [2.24, 2.45) is 0 Å². The van der Waals surface area contributed by atoms with Gasteiger partial charge in [0.15, 0.2) is 0 Å². The second-order valence-corrected chi connectivity index (χ2v) is 6.17. The van der Waals surface area contributed by atoms with Crippen molar-refractivity contribution in [2.45, 2.75) is 19.8 Å². The third-order valence-electron chi connectivity index (χ3n) is 4.44. The predicted molar refractivity (Wildman–Crippen MR) is 90.7 cm³/mol. The summed E-state index contributed by atoms with van der Waals surface area (Å²) in [5.41, 5.74) is 2.97. The number of carbonyl (C=O) groups is 2. The summed E-state index contributed by atoms with van der Waals surface area (Å²) in [5.74, 6) is 0.126. The molecule has 1 fully saturated rings. The number of hydrogen-bond acceptors (Lipinski definition) is 3. The maximum Gasteiger partial charge on any atom is 0.257 e. The Morgan fingerprint density at radius 3 is 2.29 bits per heavy atom. The largest absolute Gasteiger partial charge is 0.472 e. The van der Waals surface area contributed by atoms with E-state index in [-0.39, 0.29) is 11.8 Å². The van der Waals surface area contributed by atoms with Crippen molar-refractivity contribution in [3.63, 3.8) is 0 Å². The molecule has 24 heavy (non-hydrogen) atoms. The maximum atomic E-state index is 12.4. The lowest BCUT2D eigenvalue weighted by Gasteiger charge is -2.34. The van der Waals surface area contributed by atoms with Crippen LogP contribution in [-0.2, 0) is 11.2 Å². The van der Waals surface area contributed by atoms with Gasteiger partial charge in [-0.25, -0.2) is 0 Å². The fraction of sp³-hybridized carbons (Fsp3) is 0.368. The van der Waals surface area contributed by atoms with E-state index < -0.39 is 0 Å². The van der Waals surface area contributed by atoms with Crippen molar-refractivity contribution in [3.05, 3.63) is 59.5 Å². The molecular formula is C19H22N2O3. The minimum Gasteiger partial charge on any atom is -0.472 e. The van der Waals surface area contributed by atoms with Gasteiger partial charge in [0, 0.05) is 32.6 Å². The first-order chi connectivity index (χ1) is 11.6. The highest BCUT2D eigenvalue weighted by molar-refractivity contribution is 5.94. The number of amides is 2. The molecule has 1 aromatic heterocycles. The number of hydrogen-bond donors (Lipinski definition) is 0. The number of aryl methyl sites for hydroxylation is 2. The third kappa shape index (κ3) is 3.85. The SMILES string of the molecule is Cc1ccc(CCC(=O)N2CCN(C(=O)c3ccoc3)CC2)cc1. The van der Waals surface area contributed by atoms with Gasteiger partial charge in [-0.2, -0.15) is 0 Å². The molecule has 5 heteroatoms. The van der Waals surface area contributed by atoms with E-state index in [4.69, 9.17) is 4.42 Å². The molecule has 3 rings (SSSR count). The van der Waals surface area contributed by atoms with Crippen LogP contribution < -0.4 is 0 Å². The molecule has 0 atom stereocenters. The molecule has 1 aliphatic rings. The summed E-state index contributed by atoms with van der Waals surface area (Å²) < 4.78 is 4.96. The fourth-order valence-corrected chi connectivity index (χ4v) is 2.89. The molecule has 1 saturated heterocycles. The molecule has 1 aliphatic heterocycles. The molecule has 2 heterocycles. The molecule has 2 amide bonds. The summed E-state index contributed by atoms with van der Waals surface area (Å²) in [6.45, 7) is 4.38. The van der Waals surface area contributed by atoms with Crippen LogP contribution in [0.25, 0.3) is 0 Å². The monoisotopic (exact) mass is 326 g/mol. The van der Waals surface area contributed by atoms with Crippen molar-refractivity contribution in [1.29, 1.82) is 0 Å². The zero-order valence-corrected chi connectivity index (χ0v) is 13.9. The van der Waals surface area contributed by atoms with Gasteiger partial charge in [0.1, 0.15) is 6.26 Å². The molecule has 0 N–H and O–H groups in total. The van der Waals surface area contributed by atoms with Crippen LogP contribution in [0.1, 0.15) is 27.9 Å². The van der Waals surface area contributed by atoms with E-state index >= 15 is 0 Å². The van der Waals surface area contributed by atoms with Crippen molar-refractivity contribution in [2.75, 3.05) is 26.2 Å². The van der Waals surface area contributed by atoms with Crippen LogP contribution in [0.4, 0.5) is 0 Å². The number of benzene rings is 1. The Labute approximate surface area is 141 Å². The minimum atomic E-state index is -0.0319. The summed E-state index contributed by atoms with van der Waals surface area (Å²) in [6, 6.07) is 9.95. The quantitative estimate of drug-likeness (QED) is 0.867. The van der Waals surface area contributed by atoms with Crippen molar-refractivity contribution in [3.8, 4) is 0 Å². The lowest BCUT2D eigenvalue weighted by Crippen LogP contribution is -2.50. The topological polar surface area (TPSA) is 53.8 Å². The summed E-state index contributed by atoms with van der Waals surface area (Å²) >= 11 is 0. The summed E-state index contributed by atoms with van der Waals surface area (Å²) in [6.07, 6.45) is 4.23. The first-order valence-corrected chi connectivity index (χ1v) is 8.28. The van der Waals surface area contributed by atoms with Gasteiger partial charge in [-0.05, 0) is 25.0 Å². The molecule has 1 aromatic carbocycles. The van der Waals surface area contributed by atoms with E-state index in [2.05, 4.69) is 31.2 Å². The van der Waals surface area contributed by atoms with Gasteiger partial charge in [0.2, 0.25) is 5.91 Å². The molecule has 0 bridgehead atoms. The highest BCUT2D eigenvalue weighted by Crippen LogP contribution is 2.12. The lowest BCUT2D eigenvalue weighted by atomic mass is 10.1. The average Bonchev–Trinajstić information content (AvgIpc) is 3.15. The number of furan rings is 1. The molecule has 5 nitrogen and oxygen atoms in total. The Kier molecular flexibility index (Phi) is 4.99. The van der Waals surface area contributed by atoms with E-state index in [1.165, 1.54) is 23.7 Å². The Morgan fingerprint density at radius 1 is 1.00 bits per heavy atom. The van der Waals surface area contributed by atoms with Gasteiger partial charge >= 0.3 is 0 Å². The highest BCUT2D eigenvalue weighted by Gasteiger charge is 2.25. The molecule has 0 saturated carbocycles. The summed E-state index contributed by atoms with van der Waals surface area (Å²) in [5, 5.41) is 0. The Balaban J connectivity index is 1.46. The highest BCUT2D eigenvalue weighted by atomic mass is 16.3. The van der Waals surface area contributed by atoms with Crippen molar-refractivity contribution >= 4 is 11.8 Å². The lowest BCUT2D eigenvalue weighted by molar-refractivity contribution is -0.132. The van der Waals surface area contributed by atoms with Crippen LogP contribution in [0.15, 0.2) is 47.3 Å². The number of carbonyl (C=O) groups excluding carboxylic acids is 2. The van der Waals surface area contributed by atoms with Gasteiger partial charge in [-0.3, -0.25) is 9.59 Å². The summed E-state index contributed by atoms with van der Waals surface area (Å²) in [7, 11) is 0. The smallest absolute Gasteiger partial charge is 0.257 e. The fourth-order valence-electron chi connectivity index (χ4n) is 2.89. The normalized spacial score (nSPS) is 14.7.